The van der Waals surface area contributed by atoms with Crippen LogP contribution < -0.4 is 11.1 Å². The molecule has 1 fully saturated rings. The smallest absolute Gasteiger partial charge is 0.190 e. The normalized spacial score (nSPS) is 20.0. The summed E-state index contributed by atoms with van der Waals surface area (Å²) < 4.78 is 7.09. The van der Waals surface area contributed by atoms with E-state index in [-0.39, 0.29) is 0 Å². The molecule has 0 atom stereocenters. The number of hydrogen-bond acceptors (Lipinski definition) is 8. The molecule has 24 heavy (non-hydrogen) atoms. The summed E-state index contributed by atoms with van der Waals surface area (Å²) in [5.41, 5.74) is 6.96. The number of aromatic nitrogens is 5. The summed E-state index contributed by atoms with van der Waals surface area (Å²) in [5.74, 6) is 2.86. The number of hydrogen-bond donors (Lipinski definition) is 2. The zero-order valence-electron chi connectivity index (χ0n) is 14.0. The number of nitrogens with one attached hydrogen (secondary N) is 1. The first-order chi connectivity index (χ1) is 11.7. The standard InChI is InChI=1S/C15H23N7OS/c1-22-9-18-21-15(22)24-4-3-17-13-7-12(10-5-11(16)6-10)19-14(20-13)8-23-2/h7,9-11H,3-6,8,16H2,1-2H3,(H,17,19,20). The first-order valence-corrected chi connectivity index (χ1v) is 8.97. The van der Waals surface area contributed by atoms with E-state index in [0.717, 1.165) is 41.8 Å². The van der Waals surface area contributed by atoms with E-state index < -0.39 is 0 Å². The highest BCUT2D eigenvalue weighted by atomic mass is 32.2. The lowest BCUT2D eigenvalue weighted by Crippen LogP contribution is -2.35. The van der Waals surface area contributed by atoms with Gasteiger partial charge in [-0.3, -0.25) is 0 Å². The van der Waals surface area contributed by atoms with Crippen molar-refractivity contribution < 1.29 is 4.74 Å². The van der Waals surface area contributed by atoms with Gasteiger partial charge in [0.15, 0.2) is 11.0 Å². The molecule has 8 nitrogen and oxygen atoms in total. The van der Waals surface area contributed by atoms with E-state index in [1.54, 1.807) is 25.2 Å². The van der Waals surface area contributed by atoms with Crippen molar-refractivity contribution in [1.29, 1.82) is 0 Å². The van der Waals surface area contributed by atoms with Crippen LogP contribution >= 0.6 is 11.8 Å². The zero-order valence-corrected chi connectivity index (χ0v) is 14.8. The highest BCUT2D eigenvalue weighted by Crippen LogP contribution is 2.35. The summed E-state index contributed by atoms with van der Waals surface area (Å²) in [5, 5.41) is 12.2. The van der Waals surface area contributed by atoms with Gasteiger partial charge in [0, 0.05) is 50.2 Å². The SMILES string of the molecule is COCc1nc(NCCSc2nncn2C)cc(C2CC(N)C2)n1. The van der Waals surface area contributed by atoms with Crippen LogP contribution in [0.25, 0.3) is 0 Å². The fourth-order valence-electron chi connectivity index (χ4n) is 2.64. The number of aryl methyl sites for hydroxylation is 1. The van der Waals surface area contributed by atoms with Crippen LogP contribution in [0.15, 0.2) is 17.6 Å². The molecule has 0 radical (unpaired) electrons. The highest BCUT2D eigenvalue weighted by molar-refractivity contribution is 7.99. The van der Waals surface area contributed by atoms with E-state index in [9.17, 15) is 0 Å². The van der Waals surface area contributed by atoms with Crippen LogP contribution in [0.1, 0.15) is 30.3 Å². The van der Waals surface area contributed by atoms with Crippen molar-refractivity contribution in [3.8, 4) is 0 Å². The summed E-state index contributed by atoms with van der Waals surface area (Å²) in [7, 11) is 3.59. The monoisotopic (exact) mass is 349 g/mol. The van der Waals surface area contributed by atoms with Crippen molar-refractivity contribution in [1.82, 2.24) is 24.7 Å². The average Bonchev–Trinajstić information content (AvgIpc) is 2.94. The third-order valence-electron chi connectivity index (χ3n) is 3.97. The minimum Gasteiger partial charge on any atom is -0.377 e. The molecule has 0 aromatic carbocycles. The highest BCUT2D eigenvalue weighted by Gasteiger charge is 2.29. The van der Waals surface area contributed by atoms with Crippen molar-refractivity contribution >= 4 is 17.6 Å². The van der Waals surface area contributed by atoms with Gasteiger partial charge in [-0.25, -0.2) is 9.97 Å². The number of ether oxygens (including phenoxy) is 1. The Morgan fingerprint density at radius 3 is 2.92 bits per heavy atom. The van der Waals surface area contributed by atoms with Crippen molar-refractivity contribution in [2.45, 2.75) is 36.6 Å². The molecular formula is C15H23N7OS. The maximum Gasteiger partial charge on any atom is 0.190 e. The first kappa shape index (κ1) is 17.1. The molecule has 0 aliphatic heterocycles. The van der Waals surface area contributed by atoms with Crippen molar-refractivity contribution in [2.75, 3.05) is 24.7 Å². The fourth-order valence-corrected chi connectivity index (χ4v) is 3.38. The van der Waals surface area contributed by atoms with Crippen LogP contribution in [0.4, 0.5) is 5.82 Å². The van der Waals surface area contributed by atoms with Crippen LogP contribution in [0.5, 0.6) is 0 Å². The first-order valence-electron chi connectivity index (χ1n) is 7.98. The van der Waals surface area contributed by atoms with Crippen LogP contribution in [0, 0.1) is 0 Å². The van der Waals surface area contributed by atoms with Crippen LogP contribution in [-0.2, 0) is 18.4 Å². The van der Waals surface area contributed by atoms with Crippen molar-refractivity contribution in [2.24, 2.45) is 12.8 Å². The van der Waals surface area contributed by atoms with E-state index in [0.29, 0.717) is 24.4 Å². The molecular weight excluding hydrogens is 326 g/mol. The van der Waals surface area contributed by atoms with Crippen LogP contribution in [0.2, 0.25) is 0 Å². The van der Waals surface area contributed by atoms with E-state index in [4.69, 9.17) is 10.5 Å². The van der Waals surface area contributed by atoms with Gasteiger partial charge in [0.05, 0.1) is 0 Å². The molecule has 1 saturated carbocycles. The summed E-state index contributed by atoms with van der Waals surface area (Å²) in [6.07, 6.45) is 3.68. The molecule has 2 aromatic heterocycles. The van der Waals surface area contributed by atoms with Gasteiger partial charge in [0.25, 0.3) is 0 Å². The van der Waals surface area contributed by atoms with Crippen LogP contribution in [-0.4, -0.2) is 50.2 Å². The third-order valence-corrected chi connectivity index (χ3v) is 5.00. The summed E-state index contributed by atoms with van der Waals surface area (Å²) >= 11 is 1.66. The number of methoxy groups -OCH3 is 1. The third kappa shape index (κ3) is 4.22. The second-order valence-electron chi connectivity index (χ2n) is 5.96. The lowest BCUT2D eigenvalue weighted by molar-refractivity contribution is 0.177. The molecule has 0 unspecified atom stereocenters. The molecule has 0 bridgehead atoms. The Morgan fingerprint density at radius 2 is 2.25 bits per heavy atom. The van der Waals surface area contributed by atoms with Gasteiger partial charge in [-0.05, 0) is 12.8 Å². The maximum absolute atomic E-state index is 5.90. The molecule has 0 amide bonds. The molecule has 0 saturated heterocycles. The molecule has 130 valence electrons. The van der Waals surface area contributed by atoms with Gasteiger partial charge in [0.1, 0.15) is 18.8 Å². The molecule has 0 spiro atoms. The lowest BCUT2D eigenvalue weighted by atomic mass is 9.78. The minimum atomic E-state index is 0.301. The molecule has 1 aliphatic rings. The van der Waals surface area contributed by atoms with E-state index in [1.165, 1.54) is 0 Å². The van der Waals surface area contributed by atoms with Gasteiger partial charge in [0.2, 0.25) is 0 Å². The topological polar surface area (TPSA) is 104 Å². The van der Waals surface area contributed by atoms with Gasteiger partial charge >= 0.3 is 0 Å². The molecule has 2 heterocycles. The number of thioether (sulfide) groups is 1. The Balaban J connectivity index is 1.58. The second kappa shape index (κ2) is 7.91. The lowest BCUT2D eigenvalue weighted by Gasteiger charge is -2.32. The average molecular weight is 349 g/mol. The molecule has 9 heteroatoms. The molecule has 2 aromatic rings. The Morgan fingerprint density at radius 1 is 1.42 bits per heavy atom. The predicted octanol–water partition coefficient (Wildman–Crippen LogP) is 1.16. The van der Waals surface area contributed by atoms with Gasteiger partial charge < -0.3 is 20.4 Å². The fraction of sp³-hybridized carbons (Fsp3) is 0.600. The van der Waals surface area contributed by atoms with Crippen LogP contribution in [0.3, 0.4) is 0 Å². The molecule has 1 aliphatic carbocycles. The van der Waals surface area contributed by atoms with Gasteiger partial charge in [-0.1, -0.05) is 11.8 Å². The van der Waals surface area contributed by atoms with Crippen molar-refractivity contribution in [3.05, 3.63) is 23.9 Å². The Labute approximate surface area is 145 Å². The number of rotatable bonds is 8. The maximum atomic E-state index is 5.90. The summed E-state index contributed by atoms with van der Waals surface area (Å²) in [4.78, 5) is 9.12. The summed E-state index contributed by atoms with van der Waals surface area (Å²) in [6, 6.07) is 2.33. The zero-order chi connectivity index (χ0) is 16.9. The minimum absolute atomic E-state index is 0.301. The molecule has 3 N–H and O–H groups in total. The van der Waals surface area contributed by atoms with Gasteiger partial charge in [-0.2, -0.15) is 0 Å². The largest absolute Gasteiger partial charge is 0.377 e. The summed E-state index contributed by atoms with van der Waals surface area (Å²) in [6.45, 7) is 1.19. The molecule has 3 rings (SSSR count). The van der Waals surface area contributed by atoms with E-state index in [2.05, 4.69) is 25.5 Å². The van der Waals surface area contributed by atoms with E-state index >= 15 is 0 Å². The Bertz CT molecular complexity index is 672. The number of nitrogens with zero attached hydrogens (tertiary/aromatic N) is 5. The van der Waals surface area contributed by atoms with E-state index in [1.807, 2.05) is 17.7 Å². The second-order valence-corrected chi connectivity index (χ2v) is 7.02. The Kier molecular flexibility index (Phi) is 5.64. The predicted molar refractivity (Wildman–Crippen MR) is 92.9 cm³/mol. The number of nitrogens with two attached hydrogens (primary N) is 1. The Hall–Kier alpha value is -1.71. The quantitative estimate of drug-likeness (QED) is 0.540. The number of anilines is 1. The van der Waals surface area contributed by atoms with Crippen molar-refractivity contribution in [3.63, 3.8) is 0 Å². The van der Waals surface area contributed by atoms with Gasteiger partial charge in [-0.15, -0.1) is 10.2 Å².